The van der Waals surface area contributed by atoms with Gasteiger partial charge in [-0.3, -0.25) is 5.10 Å². The molecule has 1 aromatic rings. The van der Waals surface area contributed by atoms with Crippen molar-refractivity contribution in [3.8, 4) is 0 Å². The van der Waals surface area contributed by atoms with Crippen molar-refractivity contribution in [2.24, 2.45) is 0 Å². The minimum absolute atomic E-state index is 0.00597. The zero-order valence-electron chi connectivity index (χ0n) is 9.80. The van der Waals surface area contributed by atoms with Gasteiger partial charge in [0.15, 0.2) is 5.03 Å². The van der Waals surface area contributed by atoms with Crippen LogP contribution >= 0.6 is 0 Å². The summed E-state index contributed by atoms with van der Waals surface area (Å²) in [6.45, 7) is 3.51. The number of sulfonamides is 1. The van der Waals surface area contributed by atoms with Crippen LogP contribution in [0.1, 0.15) is 19.8 Å². The molecule has 1 N–H and O–H groups in total. The minimum atomic E-state index is -3.43. The number of hydrogen-bond acceptors (Lipinski definition) is 4. The molecule has 1 atom stereocenters. The molecule has 2 rings (SSSR count). The van der Waals surface area contributed by atoms with Crippen molar-refractivity contribution in [3.63, 3.8) is 0 Å². The zero-order valence-corrected chi connectivity index (χ0v) is 10.6. The van der Waals surface area contributed by atoms with E-state index in [2.05, 4.69) is 10.2 Å². The summed E-state index contributed by atoms with van der Waals surface area (Å²) < 4.78 is 31.4. The fourth-order valence-electron chi connectivity index (χ4n) is 2.02. The van der Waals surface area contributed by atoms with Crippen molar-refractivity contribution in [2.75, 3.05) is 19.7 Å². The summed E-state index contributed by atoms with van der Waals surface area (Å²) in [6.07, 6.45) is 3.20. The van der Waals surface area contributed by atoms with Crippen molar-refractivity contribution in [1.82, 2.24) is 14.5 Å². The number of nitrogens with one attached hydrogen (secondary N) is 1. The van der Waals surface area contributed by atoms with Crippen LogP contribution in [-0.4, -0.2) is 48.7 Å². The molecule has 1 fully saturated rings. The van der Waals surface area contributed by atoms with Gasteiger partial charge in [0.2, 0.25) is 0 Å². The Labute approximate surface area is 101 Å². The molecule has 6 nitrogen and oxygen atoms in total. The standard InChI is InChI=1S/C10H17N3O3S/c1-2-16-9-4-3-7-13(8-9)17(14,15)10-5-6-11-12-10/h5-6,9H,2-4,7-8H2,1H3,(H,11,12). The van der Waals surface area contributed by atoms with Crippen molar-refractivity contribution >= 4 is 10.0 Å². The van der Waals surface area contributed by atoms with Crippen LogP contribution < -0.4 is 0 Å². The molecule has 0 aliphatic carbocycles. The summed E-state index contributed by atoms with van der Waals surface area (Å²) in [7, 11) is -3.43. The average molecular weight is 259 g/mol. The van der Waals surface area contributed by atoms with Gasteiger partial charge >= 0.3 is 0 Å². The van der Waals surface area contributed by atoms with Crippen molar-refractivity contribution in [2.45, 2.75) is 30.9 Å². The van der Waals surface area contributed by atoms with Crippen LogP contribution in [0.15, 0.2) is 17.3 Å². The van der Waals surface area contributed by atoms with E-state index in [0.717, 1.165) is 12.8 Å². The van der Waals surface area contributed by atoms with Crippen LogP contribution in [0.2, 0.25) is 0 Å². The molecule has 0 saturated carbocycles. The Morgan fingerprint density at radius 1 is 1.65 bits per heavy atom. The van der Waals surface area contributed by atoms with E-state index >= 15 is 0 Å². The highest BCUT2D eigenvalue weighted by atomic mass is 32.2. The summed E-state index contributed by atoms with van der Waals surface area (Å²) in [5.41, 5.74) is 0. The number of piperidine rings is 1. The van der Waals surface area contributed by atoms with Crippen molar-refractivity contribution < 1.29 is 13.2 Å². The first-order valence-electron chi connectivity index (χ1n) is 5.75. The maximum Gasteiger partial charge on any atom is 0.260 e. The Balaban J connectivity index is 2.12. The third-order valence-electron chi connectivity index (χ3n) is 2.84. The van der Waals surface area contributed by atoms with E-state index < -0.39 is 10.0 Å². The van der Waals surface area contributed by atoms with Gasteiger partial charge in [0.25, 0.3) is 10.0 Å². The van der Waals surface area contributed by atoms with E-state index in [4.69, 9.17) is 4.74 Å². The van der Waals surface area contributed by atoms with Gasteiger partial charge in [0.05, 0.1) is 12.3 Å². The zero-order chi connectivity index (χ0) is 12.3. The molecule has 17 heavy (non-hydrogen) atoms. The lowest BCUT2D eigenvalue weighted by Gasteiger charge is -2.31. The van der Waals surface area contributed by atoms with Crippen LogP contribution in [0, 0.1) is 0 Å². The predicted molar refractivity (Wildman–Crippen MR) is 62.0 cm³/mol. The smallest absolute Gasteiger partial charge is 0.260 e. The van der Waals surface area contributed by atoms with Crippen molar-refractivity contribution in [3.05, 3.63) is 12.3 Å². The van der Waals surface area contributed by atoms with Gasteiger partial charge in [0.1, 0.15) is 0 Å². The van der Waals surface area contributed by atoms with E-state index in [1.165, 1.54) is 16.6 Å². The highest BCUT2D eigenvalue weighted by Gasteiger charge is 2.31. The van der Waals surface area contributed by atoms with Crippen LogP contribution in [0.25, 0.3) is 0 Å². The van der Waals surface area contributed by atoms with Gasteiger partial charge in [0, 0.05) is 19.7 Å². The second-order valence-corrected chi connectivity index (χ2v) is 5.91. The van der Waals surface area contributed by atoms with E-state index in [9.17, 15) is 8.42 Å². The van der Waals surface area contributed by atoms with Gasteiger partial charge in [-0.2, -0.15) is 9.40 Å². The first-order valence-corrected chi connectivity index (χ1v) is 7.19. The van der Waals surface area contributed by atoms with Gasteiger partial charge < -0.3 is 4.74 Å². The lowest BCUT2D eigenvalue weighted by atomic mass is 10.1. The third kappa shape index (κ3) is 2.67. The van der Waals surface area contributed by atoms with Crippen LogP contribution in [0.5, 0.6) is 0 Å². The largest absolute Gasteiger partial charge is 0.377 e. The molecule has 1 saturated heterocycles. The van der Waals surface area contributed by atoms with E-state index in [1.807, 2.05) is 6.92 Å². The second-order valence-electron chi connectivity index (χ2n) is 4.00. The Morgan fingerprint density at radius 3 is 3.12 bits per heavy atom. The number of aromatic amines is 1. The summed E-state index contributed by atoms with van der Waals surface area (Å²) in [5.74, 6) is 0. The number of aromatic nitrogens is 2. The summed E-state index contributed by atoms with van der Waals surface area (Å²) >= 11 is 0. The Hall–Kier alpha value is -0.920. The summed E-state index contributed by atoms with van der Waals surface area (Å²) in [4.78, 5) is 0. The lowest BCUT2D eigenvalue weighted by Crippen LogP contribution is -2.43. The normalized spacial score (nSPS) is 22.8. The number of hydrogen-bond donors (Lipinski definition) is 1. The quantitative estimate of drug-likeness (QED) is 0.859. The van der Waals surface area contributed by atoms with Crippen LogP contribution in [0.3, 0.4) is 0 Å². The molecule has 7 heteroatoms. The summed E-state index contributed by atoms with van der Waals surface area (Å²) in [5, 5.41) is 6.33. The topological polar surface area (TPSA) is 75.3 Å². The molecule has 0 bridgehead atoms. The van der Waals surface area contributed by atoms with Crippen molar-refractivity contribution in [1.29, 1.82) is 0 Å². The molecule has 1 aromatic heterocycles. The average Bonchev–Trinajstić information content (AvgIpc) is 2.84. The molecule has 96 valence electrons. The number of ether oxygens (including phenoxy) is 1. The molecule has 0 spiro atoms. The molecule has 2 heterocycles. The number of rotatable bonds is 4. The fraction of sp³-hybridized carbons (Fsp3) is 0.700. The van der Waals surface area contributed by atoms with Gasteiger partial charge in [-0.25, -0.2) is 8.42 Å². The molecular formula is C10H17N3O3S. The maximum atomic E-state index is 12.2. The fourth-order valence-corrected chi connectivity index (χ4v) is 3.43. The molecular weight excluding hydrogens is 242 g/mol. The number of H-pyrrole nitrogens is 1. The van der Waals surface area contributed by atoms with E-state index in [1.54, 1.807) is 0 Å². The molecule has 1 aliphatic rings. The highest BCUT2D eigenvalue weighted by molar-refractivity contribution is 7.89. The van der Waals surface area contributed by atoms with E-state index in [-0.39, 0.29) is 11.1 Å². The predicted octanol–water partition coefficient (Wildman–Crippen LogP) is 0.599. The minimum Gasteiger partial charge on any atom is -0.377 e. The Bertz CT molecular complexity index is 441. The van der Waals surface area contributed by atoms with Gasteiger partial charge in [-0.15, -0.1) is 0 Å². The van der Waals surface area contributed by atoms with E-state index in [0.29, 0.717) is 19.7 Å². The molecule has 0 aromatic carbocycles. The second kappa shape index (κ2) is 5.16. The lowest BCUT2D eigenvalue weighted by molar-refractivity contribution is 0.0264. The monoisotopic (exact) mass is 259 g/mol. The third-order valence-corrected chi connectivity index (χ3v) is 4.63. The Kier molecular flexibility index (Phi) is 3.80. The molecule has 0 radical (unpaired) electrons. The molecule has 0 amide bonds. The first-order chi connectivity index (χ1) is 8.14. The number of nitrogens with zero attached hydrogens (tertiary/aromatic N) is 2. The summed E-state index contributed by atoms with van der Waals surface area (Å²) in [6, 6.07) is 1.47. The SMILES string of the molecule is CCOC1CCCN(S(=O)(=O)c2ccn[nH]2)C1. The molecule has 1 unspecified atom stereocenters. The Morgan fingerprint density at radius 2 is 2.47 bits per heavy atom. The first kappa shape index (κ1) is 12.5. The van der Waals surface area contributed by atoms with Crippen LogP contribution in [0.4, 0.5) is 0 Å². The van der Waals surface area contributed by atoms with Crippen LogP contribution in [-0.2, 0) is 14.8 Å². The highest BCUT2D eigenvalue weighted by Crippen LogP contribution is 2.20. The van der Waals surface area contributed by atoms with Gasteiger partial charge in [-0.1, -0.05) is 0 Å². The molecule has 1 aliphatic heterocycles. The maximum absolute atomic E-state index is 12.2. The van der Waals surface area contributed by atoms with Gasteiger partial charge in [-0.05, 0) is 25.8 Å².